The minimum atomic E-state index is -0.946. The fourth-order valence-electron chi connectivity index (χ4n) is 2.16. The molecule has 102 valence electrons. The fourth-order valence-corrected chi connectivity index (χ4v) is 3.60. The predicted molar refractivity (Wildman–Crippen MR) is 72.1 cm³/mol. The number of para-hydroxylation sites is 1. The molecule has 0 aromatic heterocycles. The maximum absolute atomic E-state index is 11.2. The van der Waals surface area contributed by atoms with E-state index < -0.39 is 27.1 Å². The summed E-state index contributed by atoms with van der Waals surface area (Å²) in [4.78, 5) is 21.8. The van der Waals surface area contributed by atoms with E-state index in [1.807, 2.05) is 13.8 Å². The summed E-state index contributed by atoms with van der Waals surface area (Å²) in [6.07, 6.45) is 0. The highest BCUT2D eigenvalue weighted by Crippen LogP contribution is 2.47. The van der Waals surface area contributed by atoms with Crippen LogP contribution >= 0.6 is 11.8 Å². The number of aliphatic carboxylic acids is 1. The van der Waals surface area contributed by atoms with Crippen molar-refractivity contribution < 1.29 is 14.8 Å². The summed E-state index contributed by atoms with van der Waals surface area (Å²) in [5, 5.41) is 22.7. The molecule has 0 radical (unpaired) electrons. The molecule has 1 aliphatic rings. The summed E-state index contributed by atoms with van der Waals surface area (Å²) in [5.41, 5.74) is 0.517. The highest BCUT2D eigenvalue weighted by atomic mass is 32.2. The second-order valence-corrected chi connectivity index (χ2v) is 6.61. The normalized spacial score (nSPS) is 25.2. The van der Waals surface area contributed by atoms with Gasteiger partial charge in [-0.05, 0) is 19.9 Å². The van der Waals surface area contributed by atoms with Crippen LogP contribution in [-0.2, 0) is 4.79 Å². The van der Waals surface area contributed by atoms with Gasteiger partial charge in [-0.3, -0.25) is 20.2 Å². The summed E-state index contributed by atoms with van der Waals surface area (Å²) in [5.74, 6) is -0.946. The second kappa shape index (κ2) is 4.82. The molecular weight excluding hydrogens is 268 g/mol. The zero-order valence-corrected chi connectivity index (χ0v) is 11.3. The molecule has 7 heteroatoms. The molecule has 1 saturated heterocycles. The van der Waals surface area contributed by atoms with Crippen LogP contribution in [0, 0.1) is 10.1 Å². The predicted octanol–water partition coefficient (Wildman–Crippen LogP) is 2.16. The Morgan fingerprint density at radius 3 is 2.63 bits per heavy atom. The average molecular weight is 282 g/mol. The Labute approximate surface area is 114 Å². The highest BCUT2D eigenvalue weighted by Gasteiger charge is 2.46. The lowest BCUT2D eigenvalue weighted by Gasteiger charge is -2.20. The zero-order valence-electron chi connectivity index (χ0n) is 10.5. The minimum absolute atomic E-state index is 0.00865. The molecule has 1 aliphatic heterocycles. The van der Waals surface area contributed by atoms with Gasteiger partial charge in [0, 0.05) is 10.8 Å². The molecule has 2 rings (SSSR count). The van der Waals surface area contributed by atoms with Crippen molar-refractivity contribution in [2.24, 2.45) is 0 Å². The molecule has 1 aromatic rings. The van der Waals surface area contributed by atoms with Crippen molar-refractivity contribution >= 4 is 23.4 Å². The third kappa shape index (κ3) is 2.57. The quantitative estimate of drug-likeness (QED) is 0.652. The number of rotatable bonds is 3. The van der Waals surface area contributed by atoms with E-state index in [2.05, 4.69) is 5.32 Å². The number of nitro groups is 1. The molecular formula is C12H14N2O4S. The van der Waals surface area contributed by atoms with Crippen molar-refractivity contribution in [3.05, 3.63) is 39.9 Å². The van der Waals surface area contributed by atoms with E-state index >= 15 is 0 Å². The number of carbonyl (C=O) groups is 1. The fraction of sp³-hybridized carbons (Fsp3) is 0.417. The second-order valence-electron chi connectivity index (χ2n) is 4.86. The minimum Gasteiger partial charge on any atom is -0.480 e. The van der Waals surface area contributed by atoms with E-state index in [1.54, 1.807) is 18.2 Å². The molecule has 19 heavy (non-hydrogen) atoms. The number of carboxylic acid groups (broad SMARTS) is 1. The van der Waals surface area contributed by atoms with Crippen molar-refractivity contribution in [2.45, 2.75) is 30.0 Å². The summed E-state index contributed by atoms with van der Waals surface area (Å²) < 4.78 is -0.528. The van der Waals surface area contributed by atoms with Gasteiger partial charge in [0.05, 0.1) is 15.9 Å². The van der Waals surface area contributed by atoms with Gasteiger partial charge in [-0.25, -0.2) is 0 Å². The first kappa shape index (κ1) is 13.8. The highest BCUT2D eigenvalue weighted by molar-refractivity contribution is 8.01. The largest absolute Gasteiger partial charge is 0.480 e. The van der Waals surface area contributed by atoms with Gasteiger partial charge in [0.15, 0.2) is 0 Å². The molecule has 1 unspecified atom stereocenters. The van der Waals surface area contributed by atoms with E-state index in [-0.39, 0.29) is 5.69 Å². The maximum atomic E-state index is 11.2. The van der Waals surface area contributed by atoms with Crippen LogP contribution in [0.2, 0.25) is 0 Å². The summed E-state index contributed by atoms with van der Waals surface area (Å²) in [7, 11) is 0. The number of thioether (sulfide) groups is 1. The van der Waals surface area contributed by atoms with E-state index in [9.17, 15) is 20.0 Å². The monoisotopic (exact) mass is 282 g/mol. The molecule has 0 bridgehead atoms. The van der Waals surface area contributed by atoms with Gasteiger partial charge >= 0.3 is 5.97 Å². The first-order chi connectivity index (χ1) is 8.83. The number of carboxylic acids is 1. The van der Waals surface area contributed by atoms with Crippen LogP contribution in [0.3, 0.4) is 0 Å². The van der Waals surface area contributed by atoms with Crippen LogP contribution in [0.25, 0.3) is 0 Å². The van der Waals surface area contributed by atoms with Crippen LogP contribution in [0.4, 0.5) is 5.69 Å². The van der Waals surface area contributed by atoms with Gasteiger partial charge < -0.3 is 5.11 Å². The smallest absolute Gasteiger partial charge is 0.322 e. The van der Waals surface area contributed by atoms with Crippen molar-refractivity contribution in [3.8, 4) is 0 Å². The van der Waals surface area contributed by atoms with Crippen LogP contribution < -0.4 is 5.32 Å². The first-order valence-corrected chi connectivity index (χ1v) is 6.61. The van der Waals surface area contributed by atoms with Crippen molar-refractivity contribution in [1.82, 2.24) is 5.32 Å². The van der Waals surface area contributed by atoms with Crippen molar-refractivity contribution in [1.29, 1.82) is 0 Å². The van der Waals surface area contributed by atoms with Crippen LogP contribution in [0.5, 0.6) is 0 Å². The molecule has 1 aromatic carbocycles. The van der Waals surface area contributed by atoms with E-state index in [0.717, 1.165) is 0 Å². The Balaban J connectivity index is 2.35. The Hall–Kier alpha value is -1.60. The summed E-state index contributed by atoms with van der Waals surface area (Å²) in [6, 6.07) is 5.66. The molecule has 1 fully saturated rings. The molecule has 0 saturated carbocycles. The average Bonchev–Trinajstić information content (AvgIpc) is 2.65. The summed E-state index contributed by atoms with van der Waals surface area (Å²) in [6.45, 7) is 3.64. The van der Waals surface area contributed by atoms with E-state index in [1.165, 1.54) is 17.8 Å². The van der Waals surface area contributed by atoms with E-state index in [4.69, 9.17) is 0 Å². The molecule has 2 atom stereocenters. The number of nitrogens with one attached hydrogen (secondary N) is 1. The number of nitrogens with zero attached hydrogens (tertiary/aromatic N) is 1. The lowest BCUT2D eigenvalue weighted by molar-refractivity contribution is -0.385. The topological polar surface area (TPSA) is 92.5 Å². The number of nitro benzene ring substituents is 1. The Kier molecular flexibility index (Phi) is 3.51. The van der Waals surface area contributed by atoms with Crippen molar-refractivity contribution in [2.75, 3.05) is 0 Å². The Bertz CT molecular complexity index is 532. The third-order valence-electron chi connectivity index (χ3n) is 3.10. The molecule has 0 spiro atoms. The summed E-state index contributed by atoms with van der Waals surface area (Å²) >= 11 is 1.39. The Morgan fingerprint density at radius 2 is 2.11 bits per heavy atom. The van der Waals surface area contributed by atoms with Gasteiger partial charge in [-0.15, -0.1) is 11.8 Å². The molecule has 6 nitrogen and oxygen atoms in total. The van der Waals surface area contributed by atoms with Crippen LogP contribution in [-0.4, -0.2) is 26.8 Å². The van der Waals surface area contributed by atoms with Gasteiger partial charge in [-0.1, -0.05) is 12.1 Å². The first-order valence-electron chi connectivity index (χ1n) is 5.73. The van der Waals surface area contributed by atoms with Crippen LogP contribution in [0.1, 0.15) is 24.8 Å². The molecule has 2 N–H and O–H groups in total. The van der Waals surface area contributed by atoms with Gasteiger partial charge in [0.25, 0.3) is 5.69 Å². The SMILES string of the molecule is CC1(C)SC(c2ccccc2[N+](=O)[O-])N[C@H]1C(=O)O. The zero-order chi connectivity index (χ0) is 14.2. The van der Waals surface area contributed by atoms with Gasteiger partial charge in [-0.2, -0.15) is 0 Å². The number of benzene rings is 1. The molecule has 1 heterocycles. The van der Waals surface area contributed by atoms with Crippen LogP contribution in [0.15, 0.2) is 24.3 Å². The third-order valence-corrected chi connectivity index (χ3v) is 4.57. The molecule has 0 amide bonds. The van der Waals surface area contributed by atoms with E-state index in [0.29, 0.717) is 5.56 Å². The number of hydrogen-bond acceptors (Lipinski definition) is 5. The van der Waals surface area contributed by atoms with Gasteiger partial charge in [0.2, 0.25) is 0 Å². The standard InChI is InChI=1S/C12H14N2O4S/c1-12(2)9(11(15)16)13-10(19-12)7-5-3-4-6-8(7)14(17)18/h3-6,9-10,13H,1-2H3,(H,15,16)/t9-,10?/m0/s1. The maximum Gasteiger partial charge on any atom is 0.322 e. The number of hydrogen-bond donors (Lipinski definition) is 2. The lowest BCUT2D eigenvalue weighted by Crippen LogP contribution is -2.43. The lowest BCUT2D eigenvalue weighted by atomic mass is 10.0. The molecule has 0 aliphatic carbocycles. The van der Waals surface area contributed by atoms with Crippen molar-refractivity contribution in [3.63, 3.8) is 0 Å². The Morgan fingerprint density at radius 1 is 1.47 bits per heavy atom. The van der Waals surface area contributed by atoms with Gasteiger partial charge in [0.1, 0.15) is 6.04 Å².